The van der Waals surface area contributed by atoms with E-state index in [1.807, 2.05) is 0 Å². The summed E-state index contributed by atoms with van der Waals surface area (Å²) < 4.78 is 5.75. The van der Waals surface area contributed by atoms with Gasteiger partial charge in [0, 0.05) is 20.2 Å². The van der Waals surface area contributed by atoms with Crippen LogP contribution in [0.3, 0.4) is 0 Å². The lowest BCUT2D eigenvalue weighted by Gasteiger charge is -2.15. The molecule has 94 valence electrons. The van der Waals surface area contributed by atoms with Crippen LogP contribution in [0.1, 0.15) is 22.6 Å². The summed E-state index contributed by atoms with van der Waals surface area (Å²) >= 11 is 6.72. The molecule has 17 heavy (non-hydrogen) atoms. The van der Waals surface area contributed by atoms with Crippen molar-refractivity contribution in [3.05, 3.63) is 9.47 Å². The zero-order chi connectivity index (χ0) is 12.3. The molecule has 0 bridgehead atoms. The van der Waals surface area contributed by atoms with Gasteiger partial charge in [-0.15, -0.1) is 10.2 Å². The number of carbonyl (C=O) groups excluding carboxylic acids is 1. The Hall–Kier alpha value is -0.720. The Kier molecular flexibility index (Phi) is 4.31. The quantitative estimate of drug-likeness (QED) is 0.742. The molecule has 7 heteroatoms. The van der Waals surface area contributed by atoms with E-state index in [-0.39, 0.29) is 10.4 Å². The minimum absolute atomic E-state index is 0.163. The van der Waals surface area contributed by atoms with Gasteiger partial charge in [-0.25, -0.2) is 0 Å². The van der Waals surface area contributed by atoms with Gasteiger partial charge in [0.15, 0.2) is 0 Å². The van der Waals surface area contributed by atoms with Crippen LogP contribution in [0.25, 0.3) is 0 Å². The second-order valence-electron chi connectivity index (χ2n) is 4.11. The van der Waals surface area contributed by atoms with Crippen LogP contribution < -0.4 is 0 Å². The summed E-state index contributed by atoms with van der Waals surface area (Å²) in [6, 6.07) is 0. The van der Waals surface area contributed by atoms with Crippen LogP contribution in [0, 0.1) is 5.92 Å². The Morgan fingerprint density at radius 2 is 2.35 bits per heavy atom. The van der Waals surface area contributed by atoms with E-state index in [1.54, 1.807) is 11.9 Å². The number of hydrogen-bond donors (Lipinski definition) is 0. The fourth-order valence-corrected chi connectivity index (χ4v) is 2.12. The number of likely N-dealkylation sites (N-methyl/N-ethyl adjacent to an activating group) is 1. The van der Waals surface area contributed by atoms with Crippen molar-refractivity contribution in [3.63, 3.8) is 0 Å². The Morgan fingerprint density at radius 3 is 2.94 bits per heavy atom. The lowest BCUT2D eigenvalue weighted by atomic mass is 10.4. The highest BCUT2D eigenvalue weighted by Gasteiger charge is 2.21. The fraction of sp³-hybridized carbons (Fsp3) is 0.700. The SMILES string of the molecule is CN(CCOCC1CC1)C(=O)c1nnc(Cl)s1. The molecule has 1 aromatic rings. The molecule has 1 amide bonds. The van der Waals surface area contributed by atoms with Gasteiger partial charge in [0.05, 0.1) is 6.61 Å². The molecule has 0 aromatic carbocycles. The van der Waals surface area contributed by atoms with Crippen LogP contribution in [0.2, 0.25) is 4.47 Å². The van der Waals surface area contributed by atoms with Crippen molar-refractivity contribution in [2.24, 2.45) is 5.92 Å². The lowest BCUT2D eigenvalue weighted by molar-refractivity contribution is 0.0680. The Balaban J connectivity index is 1.70. The summed E-state index contributed by atoms with van der Waals surface area (Å²) in [6.45, 7) is 1.93. The van der Waals surface area contributed by atoms with Crippen molar-refractivity contribution >= 4 is 28.8 Å². The van der Waals surface area contributed by atoms with Crippen molar-refractivity contribution in [3.8, 4) is 0 Å². The van der Waals surface area contributed by atoms with Gasteiger partial charge in [-0.3, -0.25) is 4.79 Å². The molecular formula is C10H14ClN3O2S. The number of aromatic nitrogens is 2. The molecule has 1 fully saturated rings. The summed E-state index contributed by atoms with van der Waals surface area (Å²) in [6.07, 6.45) is 2.55. The summed E-state index contributed by atoms with van der Waals surface area (Å²) in [5.74, 6) is 0.586. The molecule has 0 N–H and O–H groups in total. The van der Waals surface area contributed by atoms with Gasteiger partial charge in [0.1, 0.15) is 0 Å². The predicted octanol–water partition coefficient (Wildman–Crippen LogP) is 1.69. The van der Waals surface area contributed by atoms with E-state index < -0.39 is 0 Å². The second kappa shape index (κ2) is 5.75. The van der Waals surface area contributed by atoms with Gasteiger partial charge in [-0.2, -0.15) is 0 Å². The van der Waals surface area contributed by atoms with Gasteiger partial charge >= 0.3 is 0 Å². The van der Waals surface area contributed by atoms with Crippen LogP contribution in [0.4, 0.5) is 0 Å². The molecule has 0 radical (unpaired) electrons. The molecule has 1 heterocycles. The van der Waals surface area contributed by atoms with E-state index in [4.69, 9.17) is 16.3 Å². The molecule has 0 saturated heterocycles. The van der Waals surface area contributed by atoms with E-state index in [0.717, 1.165) is 23.9 Å². The number of rotatable bonds is 6. The average Bonchev–Trinajstić information content (AvgIpc) is 3.04. The monoisotopic (exact) mass is 275 g/mol. The highest BCUT2D eigenvalue weighted by molar-refractivity contribution is 7.17. The molecule has 0 atom stereocenters. The molecule has 1 aliphatic rings. The molecule has 1 aliphatic carbocycles. The maximum atomic E-state index is 11.8. The summed E-state index contributed by atoms with van der Waals surface area (Å²) in [5, 5.41) is 7.63. The number of hydrogen-bond acceptors (Lipinski definition) is 5. The highest BCUT2D eigenvalue weighted by Crippen LogP contribution is 2.28. The largest absolute Gasteiger partial charge is 0.379 e. The van der Waals surface area contributed by atoms with Gasteiger partial charge in [0.25, 0.3) is 5.91 Å². The number of halogens is 1. The number of nitrogens with zero attached hydrogens (tertiary/aromatic N) is 3. The summed E-state index contributed by atoms with van der Waals surface area (Å²) in [5.41, 5.74) is 0. The zero-order valence-corrected chi connectivity index (χ0v) is 11.1. The highest BCUT2D eigenvalue weighted by atomic mass is 35.5. The molecule has 1 aromatic heterocycles. The zero-order valence-electron chi connectivity index (χ0n) is 9.56. The minimum atomic E-state index is -0.163. The van der Waals surface area contributed by atoms with E-state index in [9.17, 15) is 4.79 Å². The third-order valence-electron chi connectivity index (χ3n) is 2.55. The van der Waals surface area contributed by atoms with Crippen molar-refractivity contribution in [2.45, 2.75) is 12.8 Å². The van der Waals surface area contributed by atoms with Crippen molar-refractivity contribution < 1.29 is 9.53 Å². The van der Waals surface area contributed by atoms with Gasteiger partial charge in [0.2, 0.25) is 9.47 Å². The minimum Gasteiger partial charge on any atom is -0.379 e. The molecule has 2 rings (SSSR count). The van der Waals surface area contributed by atoms with Crippen molar-refractivity contribution in [2.75, 3.05) is 26.8 Å². The first kappa shape index (κ1) is 12.7. The van der Waals surface area contributed by atoms with Gasteiger partial charge in [-0.1, -0.05) is 11.3 Å². The molecule has 5 nitrogen and oxygen atoms in total. The molecule has 1 saturated carbocycles. The summed E-state index contributed by atoms with van der Waals surface area (Å²) in [4.78, 5) is 13.4. The molecule has 0 aliphatic heterocycles. The van der Waals surface area contributed by atoms with Crippen LogP contribution in [0.5, 0.6) is 0 Å². The van der Waals surface area contributed by atoms with Crippen molar-refractivity contribution in [1.82, 2.24) is 15.1 Å². The van der Waals surface area contributed by atoms with E-state index in [1.165, 1.54) is 12.8 Å². The van der Waals surface area contributed by atoms with Crippen molar-refractivity contribution in [1.29, 1.82) is 0 Å². The summed E-state index contributed by atoms with van der Waals surface area (Å²) in [7, 11) is 1.72. The standard InChI is InChI=1S/C10H14ClN3O2S/c1-14(4-5-16-6-7-2-3-7)9(15)8-12-13-10(11)17-8/h7H,2-6H2,1H3. The first-order valence-corrected chi connectivity index (χ1v) is 6.68. The van der Waals surface area contributed by atoms with E-state index >= 15 is 0 Å². The Morgan fingerprint density at radius 1 is 1.59 bits per heavy atom. The topological polar surface area (TPSA) is 55.3 Å². The maximum absolute atomic E-state index is 11.8. The molecular weight excluding hydrogens is 262 g/mol. The smallest absolute Gasteiger partial charge is 0.284 e. The van der Waals surface area contributed by atoms with Gasteiger partial charge < -0.3 is 9.64 Å². The first-order chi connectivity index (χ1) is 8.16. The van der Waals surface area contributed by atoms with E-state index in [0.29, 0.717) is 18.2 Å². The second-order valence-corrected chi connectivity index (χ2v) is 5.66. The molecule has 0 unspecified atom stereocenters. The Bertz CT molecular complexity index is 395. The van der Waals surface area contributed by atoms with Crippen LogP contribution in [-0.2, 0) is 4.74 Å². The van der Waals surface area contributed by atoms with Crippen LogP contribution in [0.15, 0.2) is 0 Å². The van der Waals surface area contributed by atoms with E-state index in [2.05, 4.69) is 10.2 Å². The average molecular weight is 276 g/mol. The van der Waals surface area contributed by atoms with Crippen LogP contribution in [-0.4, -0.2) is 47.8 Å². The van der Waals surface area contributed by atoms with Crippen LogP contribution >= 0.6 is 22.9 Å². The fourth-order valence-electron chi connectivity index (χ4n) is 1.29. The third-order valence-corrected chi connectivity index (χ3v) is 3.56. The maximum Gasteiger partial charge on any atom is 0.284 e. The Labute approximate surface area is 109 Å². The number of carbonyl (C=O) groups is 1. The predicted molar refractivity (Wildman–Crippen MR) is 65.4 cm³/mol. The lowest BCUT2D eigenvalue weighted by Crippen LogP contribution is -2.30. The molecule has 0 spiro atoms. The number of amides is 1. The third kappa shape index (κ3) is 3.90. The first-order valence-electron chi connectivity index (χ1n) is 5.49. The normalized spacial score (nSPS) is 14.9. The number of ether oxygens (including phenoxy) is 1. The van der Waals surface area contributed by atoms with Gasteiger partial charge in [-0.05, 0) is 30.4 Å².